The van der Waals surface area contributed by atoms with Gasteiger partial charge >= 0.3 is 0 Å². The minimum atomic E-state index is -0.0674. The van der Waals surface area contributed by atoms with Crippen LogP contribution in [-0.2, 0) is 4.79 Å². The lowest BCUT2D eigenvalue weighted by molar-refractivity contribution is -0.133. The maximum atomic E-state index is 12.5. The number of halogens is 2. The molecular formula is C21H26Cl2N6O2. The number of ether oxygens (including phenoxy) is 1. The van der Waals surface area contributed by atoms with E-state index in [1.807, 2.05) is 12.1 Å². The van der Waals surface area contributed by atoms with Crippen LogP contribution in [0.15, 0.2) is 30.3 Å². The first kappa shape index (κ1) is 21.9. The van der Waals surface area contributed by atoms with Crippen molar-refractivity contribution in [1.29, 1.82) is 0 Å². The fourth-order valence-corrected chi connectivity index (χ4v) is 4.16. The van der Waals surface area contributed by atoms with E-state index in [0.29, 0.717) is 42.0 Å². The highest BCUT2D eigenvalue weighted by Gasteiger charge is 2.23. The quantitative estimate of drug-likeness (QED) is 0.671. The number of likely N-dealkylation sites (N-methyl/N-ethyl adjacent to an activating group) is 1. The summed E-state index contributed by atoms with van der Waals surface area (Å²) < 4.78 is 5.57. The largest absolute Gasteiger partial charge is 0.482 e. The summed E-state index contributed by atoms with van der Waals surface area (Å²) in [4.78, 5) is 21.0. The molecule has 10 heteroatoms. The molecule has 2 saturated heterocycles. The number of hydrogen-bond donors (Lipinski definition) is 0. The molecule has 2 aliphatic heterocycles. The predicted molar refractivity (Wildman–Crippen MR) is 122 cm³/mol. The smallest absolute Gasteiger partial charge is 0.260 e. The van der Waals surface area contributed by atoms with Gasteiger partial charge < -0.3 is 24.3 Å². The lowest BCUT2D eigenvalue weighted by Crippen LogP contribution is -2.50. The molecule has 3 heterocycles. The second-order valence-electron chi connectivity index (χ2n) is 7.77. The van der Waals surface area contributed by atoms with Crippen molar-refractivity contribution in [2.75, 3.05) is 75.8 Å². The number of aromatic nitrogens is 2. The van der Waals surface area contributed by atoms with Crippen LogP contribution in [0, 0.1) is 0 Å². The minimum Gasteiger partial charge on any atom is -0.482 e. The second-order valence-corrected chi connectivity index (χ2v) is 8.61. The number of anilines is 2. The van der Waals surface area contributed by atoms with Crippen molar-refractivity contribution < 1.29 is 9.53 Å². The Bertz CT molecular complexity index is 897. The number of piperazine rings is 2. The summed E-state index contributed by atoms with van der Waals surface area (Å²) in [5, 5.41) is 9.77. The second kappa shape index (κ2) is 9.89. The molecule has 0 radical (unpaired) electrons. The Morgan fingerprint density at radius 3 is 2.03 bits per heavy atom. The van der Waals surface area contributed by atoms with E-state index in [1.54, 1.807) is 23.1 Å². The van der Waals surface area contributed by atoms with E-state index in [9.17, 15) is 4.79 Å². The third kappa shape index (κ3) is 5.50. The van der Waals surface area contributed by atoms with E-state index in [2.05, 4.69) is 31.9 Å². The highest BCUT2D eigenvalue weighted by Crippen LogP contribution is 2.27. The summed E-state index contributed by atoms with van der Waals surface area (Å²) in [5.41, 5.74) is 0. The average Bonchev–Trinajstić information content (AvgIpc) is 2.79. The molecule has 1 amide bonds. The van der Waals surface area contributed by atoms with Crippen LogP contribution in [-0.4, -0.2) is 91.9 Å². The van der Waals surface area contributed by atoms with Crippen molar-refractivity contribution in [2.24, 2.45) is 0 Å². The molecule has 31 heavy (non-hydrogen) atoms. The molecule has 1 aromatic heterocycles. The summed E-state index contributed by atoms with van der Waals surface area (Å²) in [7, 11) is 2.13. The van der Waals surface area contributed by atoms with E-state index in [-0.39, 0.29) is 12.5 Å². The first-order valence-electron chi connectivity index (χ1n) is 10.4. The van der Waals surface area contributed by atoms with Crippen LogP contribution in [0.1, 0.15) is 0 Å². The third-order valence-electron chi connectivity index (χ3n) is 5.67. The Balaban J connectivity index is 1.25. The van der Waals surface area contributed by atoms with E-state index >= 15 is 0 Å². The van der Waals surface area contributed by atoms with Crippen LogP contribution < -0.4 is 14.5 Å². The molecule has 2 aliphatic rings. The van der Waals surface area contributed by atoms with Gasteiger partial charge in [0.25, 0.3) is 5.91 Å². The zero-order valence-electron chi connectivity index (χ0n) is 17.5. The Morgan fingerprint density at radius 1 is 0.903 bits per heavy atom. The number of carbonyl (C=O) groups is 1. The van der Waals surface area contributed by atoms with Gasteiger partial charge in [0.1, 0.15) is 5.75 Å². The summed E-state index contributed by atoms with van der Waals surface area (Å²) in [6.45, 7) is 6.58. The molecule has 1 aromatic carbocycles. The van der Waals surface area contributed by atoms with Gasteiger partial charge in [-0.1, -0.05) is 23.2 Å². The molecule has 2 fully saturated rings. The topological polar surface area (TPSA) is 65.0 Å². The van der Waals surface area contributed by atoms with Crippen molar-refractivity contribution in [1.82, 2.24) is 20.0 Å². The van der Waals surface area contributed by atoms with E-state index in [1.165, 1.54) is 0 Å². The Kier molecular flexibility index (Phi) is 6.99. The number of benzene rings is 1. The highest BCUT2D eigenvalue weighted by molar-refractivity contribution is 6.35. The standard InChI is InChI=1S/C21H26Cl2N6O2/c1-26-6-8-27(9-7-26)19-4-5-20(25-24-19)28-10-12-29(13-11-28)21(30)15-31-18-3-2-16(22)14-17(18)23/h2-5,14H,6-13,15H2,1H3. The molecule has 0 atom stereocenters. The molecule has 0 bridgehead atoms. The summed E-state index contributed by atoms with van der Waals surface area (Å²) in [5.74, 6) is 2.15. The SMILES string of the molecule is CN1CCN(c2ccc(N3CCN(C(=O)COc4ccc(Cl)cc4Cl)CC3)nn2)CC1. The monoisotopic (exact) mass is 464 g/mol. The molecule has 8 nitrogen and oxygen atoms in total. The predicted octanol–water partition coefficient (Wildman–Crippen LogP) is 2.26. The van der Waals surface area contributed by atoms with Gasteiger partial charge in [0.05, 0.1) is 5.02 Å². The molecule has 166 valence electrons. The van der Waals surface area contributed by atoms with Crippen molar-refractivity contribution in [3.05, 3.63) is 40.4 Å². The number of carbonyl (C=O) groups excluding carboxylic acids is 1. The molecular weight excluding hydrogens is 439 g/mol. The zero-order chi connectivity index (χ0) is 21.8. The number of rotatable bonds is 5. The Hall–Kier alpha value is -2.29. The van der Waals surface area contributed by atoms with Crippen molar-refractivity contribution in [2.45, 2.75) is 0 Å². The lowest BCUT2D eigenvalue weighted by atomic mass is 10.3. The van der Waals surface area contributed by atoms with Gasteiger partial charge in [0.15, 0.2) is 18.2 Å². The number of nitrogens with zero attached hydrogens (tertiary/aromatic N) is 6. The van der Waals surface area contributed by atoms with Crippen LogP contribution in [0.25, 0.3) is 0 Å². The van der Waals surface area contributed by atoms with Crippen molar-refractivity contribution in [3.8, 4) is 5.75 Å². The number of amides is 1. The zero-order valence-corrected chi connectivity index (χ0v) is 19.0. The first-order chi connectivity index (χ1) is 15.0. The first-order valence-corrected chi connectivity index (χ1v) is 11.1. The molecule has 0 spiro atoms. The van der Waals surface area contributed by atoms with Crippen LogP contribution in [0.5, 0.6) is 5.75 Å². The van der Waals surface area contributed by atoms with Crippen LogP contribution in [0.4, 0.5) is 11.6 Å². The van der Waals surface area contributed by atoms with Gasteiger partial charge in [0.2, 0.25) is 0 Å². The minimum absolute atomic E-state index is 0.0547. The molecule has 0 N–H and O–H groups in total. The summed E-state index contributed by atoms with van der Waals surface area (Å²) in [6, 6.07) is 9.00. The van der Waals surface area contributed by atoms with Gasteiger partial charge in [-0.25, -0.2) is 0 Å². The fraction of sp³-hybridized carbons (Fsp3) is 0.476. The summed E-state index contributed by atoms with van der Waals surface area (Å²) >= 11 is 12.0. The van der Waals surface area contributed by atoms with Crippen LogP contribution in [0.2, 0.25) is 10.0 Å². The van der Waals surface area contributed by atoms with E-state index < -0.39 is 0 Å². The highest BCUT2D eigenvalue weighted by atomic mass is 35.5. The maximum absolute atomic E-state index is 12.5. The normalized spacial score (nSPS) is 17.7. The third-order valence-corrected chi connectivity index (χ3v) is 6.20. The van der Waals surface area contributed by atoms with Gasteiger partial charge in [0, 0.05) is 57.4 Å². The van der Waals surface area contributed by atoms with E-state index in [0.717, 1.165) is 37.8 Å². The van der Waals surface area contributed by atoms with Gasteiger partial charge in [-0.3, -0.25) is 4.79 Å². The maximum Gasteiger partial charge on any atom is 0.260 e. The molecule has 4 rings (SSSR count). The summed E-state index contributed by atoms with van der Waals surface area (Å²) in [6.07, 6.45) is 0. The molecule has 0 aliphatic carbocycles. The van der Waals surface area contributed by atoms with Gasteiger partial charge in [-0.15, -0.1) is 10.2 Å². The number of hydrogen-bond acceptors (Lipinski definition) is 7. The average molecular weight is 465 g/mol. The van der Waals surface area contributed by atoms with Gasteiger partial charge in [-0.05, 0) is 37.4 Å². The van der Waals surface area contributed by atoms with E-state index in [4.69, 9.17) is 27.9 Å². The lowest BCUT2D eigenvalue weighted by Gasteiger charge is -2.35. The van der Waals surface area contributed by atoms with Gasteiger partial charge in [-0.2, -0.15) is 0 Å². The van der Waals surface area contributed by atoms with Crippen LogP contribution in [0.3, 0.4) is 0 Å². The Morgan fingerprint density at radius 2 is 1.48 bits per heavy atom. The van der Waals surface area contributed by atoms with Crippen molar-refractivity contribution in [3.63, 3.8) is 0 Å². The van der Waals surface area contributed by atoms with Crippen LogP contribution >= 0.6 is 23.2 Å². The molecule has 0 unspecified atom stereocenters. The Labute approximate surface area is 192 Å². The molecule has 2 aromatic rings. The van der Waals surface area contributed by atoms with Crippen molar-refractivity contribution >= 4 is 40.7 Å². The fourth-order valence-electron chi connectivity index (χ4n) is 3.70. The molecule has 0 saturated carbocycles.